The van der Waals surface area contributed by atoms with Gasteiger partial charge in [0, 0.05) is 18.2 Å². The summed E-state index contributed by atoms with van der Waals surface area (Å²) in [5.41, 5.74) is 0.411. The van der Waals surface area contributed by atoms with Crippen LogP contribution in [0.1, 0.15) is 31.9 Å². The Hall–Kier alpha value is -1.45. The molecule has 76 valence electrons. The van der Waals surface area contributed by atoms with Gasteiger partial charge in [-0.15, -0.1) is 0 Å². The number of nitrogens with zero attached hydrogens (tertiary/aromatic N) is 1. The lowest BCUT2D eigenvalue weighted by atomic mass is 10.1. The van der Waals surface area contributed by atoms with Crippen molar-refractivity contribution in [2.75, 3.05) is 0 Å². The molecule has 4 heteroatoms. The van der Waals surface area contributed by atoms with E-state index in [0.29, 0.717) is 12.0 Å². The van der Waals surface area contributed by atoms with Gasteiger partial charge in [-0.3, -0.25) is 4.79 Å². The molecule has 1 aromatic rings. The van der Waals surface area contributed by atoms with E-state index < -0.39 is 5.95 Å². The van der Waals surface area contributed by atoms with Crippen LogP contribution < -0.4 is 5.32 Å². The Kier molecular flexibility index (Phi) is 3.56. The summed E-state index contributed by atoms with van der Waals surface area (Å²) in [4.78, 5) is 14.6. The van der Waals surface area contributed by atoms with Crippen molar-refractivity contribution < 1.29 is 9.18 Å². The molecule has 1 rings (SSSR count). The van der Waals surface area contributed by atoms with Gasteiger partial charge in [0.15, 0.2) is 0 Å². The van der Waals surface area contributed by atoms with Crippen LogP contribution in [0.2, 0.25) is 0 Å². The molecule has 0 saturated heterocycles. The van der Waals surface area contributed by atoms with Crippen molar-refractivity contribution in [2.24, 2.45) is 0 Å². The molecular formula is C10H13FN2O. The summed E-state index contributed by atoms with van der Waals surface area (Å²) >= 11 is 0. The molecule has 1 atom stereocenters. The van der Waals surface area contributed by atoms with Gasteiger partial charge in [0.2, 0.25) is 11.9 Å². The molecule has 0 aliphatic heterocycles. The number of hydrogen-bond acceptors (Lipinski definition) is 2. The van der Waals surface area contributed by atoms with Gasteiger partial charge in [0.05, 0.1) is 6.04 Å². The van der Waals surface area contributed by atoms with Crippen molar-refractivity contribution in [3.05, 3.63) is 29.8 Å². The highest BCUT2D eigenvalue weighted by Crippen LogP contribution is 2.13. The van der Waals surface area contributed by atoms with Gasteiger partial charge in [-0.2, -0.15) is 4.39 Å². The van der Waals surface area contributed by atoms with E-state index in [1.54, 1.807) is 26.0 Å². The first kappa shape index (κ1) is 10.6. The Morgan fingerprint density at radius 1 is 1.71 bits per heavy atom. The third-order valence-electron chi connectivity index (χ3n) is 1.95. The number of carbonyl (C=O) groups excluding carboxylic acids is 1. The molecule has 0 aliphatic rings. The van der Waals surface area contributed by atoms with Crippen LogP contribution in [0.4, 0.5) is 4.39 Å². The fourth-order valence-electron chi connectivity index (χ4n) is 1.14. The SMILES string of the molecule is CCC(=O)N[C@@H](C)c1cccnc1F. The predicted octanol–water partition coefficient (Wildman–Crippen LogP) is 1.81. The molecule has 1 aromatic heterocycles. The van der Waals surface area contributed by atoms with Crippen LogP contribution in [-0.2, 0) is 4.79 Å². The lowest BCUT2D eigenvalue weighted by Gasteiger charge is -2.13. The van der Waals surface area contributed by atoms with E-state index in [1.165, 1.54) is 6.20 Å². The van der Waals surface area contributed by atoms with Crippen molar-refractivity contribution in [3.63, 3.8) is 0 Å². The average Bonchev–Trinajstić information content (AvgIpc) is 2.18. The largest absolute Gasteiger partial charge is 0.349 e. The normalized spacial score (nSPS) is 12.2. The summed E-state index contributed by atoms with van der Waals surface area (Å²) in [6.07, 6.45) is 1.78. The molecule has 0 bridgehead atoms. The minimum absolute atomic E-state index is 0.0965. The topological polar surface area (TPSA) is 42.0 Å². The summed E-state index contributed by atoms with van der Waals surface area (Å²) < 4.78 is 13.1. The number of aromatic nitrogens is 1. The number of halogens is 1. The zero-order chi connectivity index (χ0) is 10.6. The van der Waals surface area contributed by atoms with Crippen LogP contribution in [0.25, 0.3) is 0 Å². The third-order valence-corrected chi connectivity index (χ3v) is 1.95. The van der Waals surface area contributed by atoms with Gasteiger partial charge < -0.3 is 5.32 Å². The number of carbonyl (C=O) groups is 1. The number of hydrogen-bond donors (Lipinski definition) is 1. The molecule has 14 heavy (non-hydrogen) atoms. The monoisotopic (exact) mass is 196 g/mol. The molecule has 0 unspecified atom stereocenters. The van der Waals surface area contributed by atoms with Crippen LogP contribution in [0.3, 0.4) is 0 Å². The first-order valence-corrected chi connectivity index (χ1v) is 4.55. The maximum Gasteiger partial charge on any atom is 0.220 e. The Morgan fingerprint density at radius 2 is 2.43 bits per heavy atom. The molecule has 1 amide bonds. The van der Waals surface area contributed by atoms with E-state index in [2.05, 4.69) is 10.3 Å². The average molecular weight is 196 g/mol. The Balaban J connectivity index is 2.74. The van der Waals surface area contributed by atoms with Crippen LogP contribution in [0.5, 0.6) is 0 Å². The maximum atomic E-state index is 13.1. The van der Waals surface area contributed by atoms with E-state index in [-0.39, 0.29) is 11.9 Å². The molecule has 0 fully saturated rings. The Morgan fingerprint density at radius 3 is 3.00 bits per heavy atom. The highest BCUT2D eigenvalue weighted by atomic mass is 19.1. The molecular weight excluding hydrogens is 183 g/mol. The molecule has 3 nitrogen and oxygen atoms in total. The van der Waals surface area contributed by atoms with Crippen molar-refractivity contribution in [1.29, 1.82) is 0 Å². The van der Waals surface area contributed by atoms with Gasteiger partial charge in [-0.25, -0.2) is 4.98 Å². The summed E-state index contributed by atoms with van der Waals surface area (Å²) in [7, 11) is 0. The summed E-state index contributed by atoms with van der Waals surface area (Å²) in [5, 5.41) is 2.67. The first-order chi connectivity index (χ1) is 6.65. The zero-order valence-corrected chi connectivity index (χ0v) is 8.25. The molecule has 0 aliphatic carbocycles. The van der Waals surface area contributed by atoms with Crippen LogP contribution in [0.15, 0.2) is 18.3 Å². The van der Waals surface area contributed by atoms with Gasteiger partial charge >= 0.3 is 0 Å². The highest BCUT2D eigenvalue weighted by molar-refractivity contribution is 5.75. The van der Waals surface area contributed by atoms with Gasteiger partial charge in [-0.05, 0) is 13.0 Å². The quantitative estimate of drug-likeness (QED) is 0.749. The number of nitrogens with one attached hydrogen (secondary N) is 1. The van der Waals surface area contributed by atoms with Gasteiger partial charge in [-0.1, -0.05) is 13.0 Å². The smallest absolute Gasteiger partial charge is 0.220 e. The van der Waals surface area contributed by atoms with Crippen molar-refractivity contribution >= 4 is 5.91 Å². The summed E-state index contributed by atoms with van der Waals surface area (Å²) in [6, 6.07) is 2.92. The second-order valence-corrected chi connectivity index (χ2v) is 3.03. The maximum absolute atomic E-state index is 13.1. The van der Waals surface area contributed by atoms with E-state index in [9.17, 15) is 9.18 Å². The van der Waals surface area contributed by atoms with E-state index >= 15 is 0 Å². The van der Waals surface area contributed by atoms with Crippen molar-refractivity contribution in [3.8, 4) is 0 Å². The Labute approximate surface area is 82.4 Å². The fraction of sp³-hybridized carbons (Fsp3) is 0.400. The first-order valence-electron chi connectivity index (χ1n) is 4.55. The summed E-state index contributed by atoms with van der Waals surface area (Å²) in [5.74, 6) is -0.628. The minimum atomic E-state index is -0.531. The standard InChI is InChI=1S/C10H13FN2O/c1-3-9(14)13-7(2)8-5-4-6-12-10(8)11/h4-7H,3H2,1-2H3,(H,13,14)/t7-/m0/s1. The fourth-order valence-corrected chi connectivity index (χ4v) is 1.14. The second kappa shape index (κ2) is 4.69. The number of rotatable bonds is 3. The lowest BCUT2D eigenvalue weighted by molar-refractivity contribution is -0.121. The van der Waals surface area contributed by atoms with Crippen LogP contribution in [-0.4, -0.2) is 10.9 Å². The van der Waals surface area contributed by atoms with Gasteiger partial charge in [0.1, 0.15) is 0 Å². The summed E-state index contributed by atoms with van der Waals surface area (Å²) in [6.45, 7) is 3.48. The Bertz CT molecular complexity index is 328. The van der Waals surface area contributed by atoms with Crippen molar-refractivity contribution in [1.82, 2.24) is 10.3 Å². The molecule has 0 aromatic carbocycles. The van der Waals surface area contributed by atoms with E-state index in [1.807, 2.05) is 0 Å². The lowest BCUT2D eigenvalue weighted by Crippen LogP contribution is -2.26. The molecule has 1 N–H and O–H groups in total. The van der Waals surface area contributed by atoms with Gasteiger partial charge in [0.25, 0.3) is 0 Å². The van der Waals surface area contributed by atoms with Crippen molar-refractivity contribution in [2.45, 2.75) is 26.3 Å². The van der Waals surface area contributed by atoms with E-state index in [0.717, 1.165) is 0 Å². The molecule has 0 spiro atoms. The van der Waals surface area contributed by atoms with E-state index in [4.69, 9.17) is 0 Å². The zero-order valence-electron chi connectivity index (χ0n) is 8.25. The molecule has 0 saturated carbocycles. The van der Waals surface area contributed by atoms with Crippen LogP contribution >= 0.6 is 0 Å². The number of pyridine rings is 1. The van der Waals surface area contributed by atoms with Crippen LogP contribution in [0, 0.1) is 5.95 Å². The molecule has 0 radical (unpaired) electrons. The second-order valence-electron chi connectivity index (χ2n) is 3.03. The predicted molar refractivity (Wildman–Crippen MR) is 51.0 cm³/mol. The highest BCUT2D eigenvalue weighted by Gasteiger charge is 2.12. The number of amides is 1. The third kappa shape index (κ3) is 2.52. The molecule has 1 heterocycles. The minimum Gasteiger partial charge on any atom is -0.349 e.